The Hall–Kier alpha value is -2.01. The monoisotopic (exact) mass is 448 g/mol. The van der Waals surface area contributed by atoms with Crippen molar-refractivity contribution in [2.24, 2.45) is 0 Å². The van der Waals surface area contributed by atoms with Crippen molar-refractivity contribution in [3.63, 3.8) is 0 Å². The van der Waals surface area contributed by atoms with Crippen LogP contribution in [0.15, 0.2) is 67.7 Å². The smallest absolute Gasteiger partial charge is 0.198 e. The van der Waals surface area contributed by atoms with Gasteiger partial charge in [-0.25, -0.2) is 13.4 Å². The van der Waals surface area contributed by atoms with E-state index in [0.717, 1.165) is 35.0 Å². The quantitative estimate of drug-likeness (QED) is 0.420. The Kier molecular flexibility index (Phi) is 5.63. The van der Waals surface area contributed by atoms with Crippen LogP contribution in [0, 0.1) is 0 Å². The lowest BCUT2D eigenvalue weighted by Crippen LogP contribution is -2.04. The first kappa shape index (κ1) is 19.3. The first-order valence-corrected chi connectivity index (χ1v) is 12.8. The van der Waals surface area contributed by atoms with E-state index >= 15 is 0 Å². The second-order valence-corrected chi connectivity index (χ2v) is 11.4. The molecule has 0 aliphatic heterocycles. The van der Waals surface area contributed by atoms with E-state index < -0.39 is 9.84 Å². The Labute approximate surface area is 175 Å². The van der Waals surface area contributed by atoms with Gasteiger partial charge < -0.3 is 4.57 Å². The third kappa shape index (κ3) is 4.35. The van der Waals surface area contributed by atoms with Crippen LogP contribution in [0.2, 0.25) is 0 Å². The number of thiazole rings is 1. The summed E-state index contributed by atoms with van der Waals surface area (Å²) in [5.41, 5.74) is 1.23. The fourth-order valence-corrected chi connectivity index (χ4v) is 6.22. The number of nitrogens with zero attached hydrogens (tertiary/aromatic N) is 4. The van der Waals surface area contributed by atoms with Crippen molar-refractivity contribution in [3.8, 4) is 10.7 Å². The van der Waals surface area contributed by atoms with Crippen LogP contribution in [-0.4, -0.2) is 34.4 Å². The normalized spacial score (nSPS) is 11.8. The van der Waals surface area contributed by atoms with E-state index in [1.165, 1.54) is 29.8 Å². The van der Waals surface area contributed by atoms with Gasteiger partial charge in [-0.1, -0.05) is 47.7 Å². The van der Waals surface area contributed by atoms with Crippen molar-refractivity contribution in [2.75, 3.05) is 6.26 Å². The molecule has 0 fully saturated rings. The highest BCUT2D eigenvalue weighted by atomic mass is 32.2. The van der Waals surface area contributed by atoms with E-state index in [9.17, 15) is 8.42 Å². The Morgan fingerprint density at radius 3 is 2.61 bits per heavy atom. The summed E-state index contributed by atoms with van der Waals surface area (Å²) in [6.07, 6.45) is 3.43. The van der Waals surface area contributed by atoms with E-state index in [0.29, 0.717) is 9.50 Å². The minimum Gasteiger partial charge on any atom is -0.301 e. The number of benzene rings is 1. The summed E-state index contributed by atoms with van der Waals surface area (Å²) in [6, 6.07) is 14.3. The van der Waals surface area contributed by atoms with Gasteiger partial charge in [0.1, 0.15) is 4.21 Å². The second-order valence-electron chi connectivity index (χ2n) is 5.99. The summed E-state index contributed by atoms with van der Waals surface area (Å²) in [7, 11) is -3.26. The molecule has 0 saturated heterocycles. The topological polar surface area (TPSA) is 77.7 Å². The average molecular weight is 449 g/mol. The summed E-state index contributed by atoms with van der Waals surface area (Å²) in [6.45, 7) is 0.719. The fourth-order valence-electron chi connectivity index (χ4n) is 2.58. The first-order valence-electron chi connectivity index (χ1n) is 8.35. The number of thiophene rings is 1. The molecular formula is C18H16N4O2S4. The highest BCUT2D eigenvalue weighted by Gasteiger charge is 2.19. The molecule has 0 unspecified atom stereocenters. The van der Waals surface area contributed by atoms with Crippen LogP contribution in [0.1, 0.15) is 5.56 Å². The van der Waals surface area contributed by atoms with Crippen molar-refractivity contribution >= 4 is 44.3 Å². The number of sulfone groups is 1. The lowest BCUT2D eigenvalue weighted by Gasteiger charge is -2.09. The number of hydrogen-bond acceptors (Lipinski definition) is 8. The molecule has 0 aliphatic rings. The maximum atomic E-state index is 11.7. The van der Waals surface area contributed by atoms with Crippen molar-refractivity contribution in [3.05, 3.63) is 59.6 Å². The van der Waals surface area contributed by atoms with Gasteiger partial charge in [-0.15, -0.1) is 21.5 Å². The molecule has 0 N–H and O–H groups in total. The minimum atomic E-state index is -3.26. The van der Waals surface area contributed by atoms with E-state index in [4.69, 9.17) is 0 Å². The molecule has 0 spiro atoms. The molecule has 28 heavy (non-hydrogen) atoms. The largest absolute Gasteiger partial charge is 0.301 e. The van der Waals surface area contributed by atoms with Crippen LogP contribution in [0.4, 0.5) is 0 Å². The van der Waals surface area contributed by atoms with Crippen molar-refractivity contribution < 1.29 is 8.42 Å². The molecule has 0 saturated carbocycles. The van der Waals surface area contributed by atoms with E-state index in [1.54, 1.807) is 11.3 Å². The second kappa shape index (κ2) is 8.16. The molecule has 6 nitrogen and oxygen atoms in total. The summed E-state index contributed by atoms with van der Waals surface area (Å²) < 4.78 is 26.4. The van der Waals surface area contributed by atoms with Crippen LogP contribution in [-0.2, 0) is 22.8 Å². The van der Waals surface area contributed by atoms with Gasteiger partial charge in [0.15, 0.2) is 25.2 Å². The Bertz CT molecular complexity index is 1170. The Balaban J connectivity index is 1.64. The predicted molar refractivity (Wildman–Crippen MR) is 113 cm³/mol. The highest BCUT2D eigenvalue weighted by molar-refractivity contribution is 8.01. The molecule has 0 radical (unpaired) electrons. The third-order valence-electron chi connectivity index (χ3n) is 3.93. The van der Waals surface area contributed by atoms with Crippen molar-refractivity contribution in [2.45, 2.75) is 26.7 Å². The zero-order valence-corrected chi connectivity index (χ0v) is 18.1. The van der Waals surface area contributed by atoms with Gasteiger partial charge in [-0.05, 0) is 35.2 Å². The lowest BCUT2D eigenvalue weighted by atomic mass is 10.1. The van der Waals surface area contributed by atoms with E-state index in [1.807, 2.05) is 35.7 Å². The molecule has 3 aromatic heterocycles. The minimum absolute atomic E-state index is 0.254. The van der Waals surface area contributed by atoms with Gasteiger partial charge in [-0.3, -0.25) is 0 Å². The van der Waals surface area contributed by atoms with Crippen molar-refractivity contribution in [1.29, 1.82) is 0 Å². The number of hydrogen-bond donors (Lipinski definition) is 0. The van der Waals surface area contributed by atoms with Gasteiger partial charge >= 0.3 is 0 Å². The lowest BCUT2D eigenvalue weighted by molar-refractivity contribution is 0.603. The number of aromatic nitrogens is 4. The average Bonchev–Trinajstić information content (AvgIpc) is 3.42. The zero-order valence-electron chi connectivity index (χ0n) is 14.8. The first-order chi connectivity index (χ1) is 13.5. The molecule has 4 aromatic rings. The molecule has 0 atom stereocenters. The summed E-state index contributed by atoms with van der Waals surface area (Å²) >= 11 is 4.11. The molecular weight excluding hydrogens is 432 g/mol. The van der Waals surface area contributed by atoms with Crippen molar-refractivity contribution in [1.82, 2.24) is 19.7 Å². The van der Waals surface area contributed by atoms with Crippen LogP contribution < -0.4 is 0 Å². The van der Waals surface area contributed by atoms with Gasteiger partial charge in [0, 0.05) is 12.8 Å². The van der Waals surface area contributed by atoms with E-state index in [-0.39, 0.29) is 4.21 Å². The molecule has 0 bridgehead atoms. The Morgan fingerprint density at radius 2 is 1.93 bits per heavy atom. The third-order valence-corrected chi connectivity index (χ3v) is 8.64. The standard InChI is InChI=1S/C18H16N4O2S4/c1-28(23,24)15-12-19-18(26-15)27-17-21-20-16(14-8-5-11-25-14)22(17)10-9-13-6-3-2-4-7-13/h2-8,11-12H,9-10H2,1H3. The van der Waals surface area contributed by atoms with E-state index in [2.05, 4.69) is 31.9 Å². The molecule has 0 aliphatic carbocycles. The summed E-state index contributed by atoms with van der Waals surface area (Å²) in [5, 5.41) is 11.4. The molecule has 10 heteroatoms. The summed E-state index contributed by atoms with van der Waals surface area (Å²) in [5.74, 6) is 0.813. The van der Waals surface area contributed by atoms with Gasteiger partial charge in [0.25, 0.3) is 0 Å². The van der Waals surface area contributed by atoms with Gasteiger partial charge in [0.2, 0.25) is 0 Å². The van der Waals surface area contributed by atoms with Crippen LogP contribution >= 0.6 is 34.4 Å². The molecule has 144 valence electrons. The zero-order chi connectivity index (χ0) is 19.6. The molecule has 4 rings (SSSR count). The summed E-state index contributed by atoms with van der Waals surface area (Å²) in [4.78, 5) is 5.28. The SMILES string of the molecule is CS(=O)(=O)c1cnc(Sc2nnc(-c3cccs3)n2CCc2ccccc2)s1. The number of aryl methyl sites for hydroxylation is 1. The maximum absolute atomic E-state index is 11.7. The van der Waals surface area contributed by atoms with Crippen LogP contribution in [0.5, 0.6) is 0 Å². The maximum Gasteiger partial charge on any atom is 0.198 e. The van der Waals surface area contributed by atoms with Gasteiger partial charge in [0.05, 0.1) is 11.1 Å². The van der Waals surface area contributed by atoms with Gasteiger partial charge in [-0.2, -0.15) is 0 Å². The predicted octanol–water partition coefficient (Wildman–Crippen LogP) is 4.26. The highest BCUT2D eigenvalue weighted by Crippen LogP contribution is 2.34. The number of rotatable bonds is 7. The molecule has 3 heterocycles. The van der Waals surface area contributed by atoms with Crippen LogP contribution in [0.25, 0.3) is 10.7 Å². The molecule has 1 aromatic carbocycles. The molecule has 0 amide bonds. The van der Waals surface area contributed by atoms with Crippen LogP contribution in [0.3, 0.4) is 0 Å². The Morgan fingerprint density at radius 1 is 1.11 bits per heavy atom. The fraction of sp³-hybridized carbons (Fsp3) is 0.167.